The molecule has 0 aromatic carbocycles. The molecule has 6 aliphatic rings. The summed E-state index contributed by atoms with van der Waals surface area (Å²) in [5, 5.41) is 45.1. The van der Waals surface area contributed by atoms with Crippen LogP contribution in [0.4, 0.5) is 0 Å². The summed E-state index contributed by atoms with van der Waals surface area (Å²) in [6.07, 6.45) is -0.572. The highest BCUT2D eigenvalue weighted by atomic mass is 16.6. The van der Waals surface area contributed by atoms with E-state index in [0.29, 0.717) is 6.42 Å². The maximum absolute atomic E-state index is 13.4. The van der Waals surface area contributed by atoms with Crippen LogP contribution in [-0.4, -0.2) is 56.9 Å². The van der Waals surface area contributed by atoms with Crippen molar-refractivity contribution in [2.24, 2.45) is 34.0 Å². The molecule has 2 spiro atoms. The molecule has 6 heteroatoms. The Morgan fingerprint density at radius 1 is 1.12 bits per heavy atom. The van der Waals surface area contributed by atoms with E-state index in [1.54, 1.807) is 0 Å². The van der Waals surface area contributed by atoms with Gasteiger partial charge in [0, 0.05) is 23.2 Å². The van der Waals surface area contributed by atoms with E-state index in [1.165, 1.54) is 0 Å². The van der Waals surface area contributed by atoms with E-state index in [4.69, 9.17) is 4.74 Å². The van der Waals surface area contributed by atoms with Crippen LogP contribution in [-0.2, 0) is 9.53 Å². The first-order valence-electron chi connectivity index (χ1n) is 9.70. The molecule has 0 aromatic rings. The van der Waals surface area contributed by atoms with Gasteiger partial charge in [0.2, 0.25) is 5.79 Å². The normalized spacial score (nSPS) is 59.9. The molecule has 0 radical (unpaired) electrons. The number of fused-ring (bicyclic) bond motifs is 2. The summed E-state index contributed by atoms with van der Waals surface area (Å²) in [6, 6.07) is 0. The van der Waals surface area contributed by atoms with Crippen LogP contribution in [0.2, 0.25) is 0 Å². The van der Waals surface area contributed by atoms with E-state index < -0.39 is 52.5 Å². The van der Waals surface area contributed by atoms with Gasteiger partial charge < -0.3 is 25.2 Å². The first-order chi connectivity index (χ1) is 12.1. The second-order valence-corrected chi connectivity index (χ2v) is 10.0. The van der Waals surface area contributed by atoms with Gasteiger partial charge in [-0.2, -0.15) is 0 Å². The largest absolute Gasteiger partial charge is 0.393 e. The Morgan fingerprint density at radius 3 is 2.50 bits per heavy atom. The molecule has 6 rings (SSSR count). The Hall–Kier alpha value is -0.790. The molecule has 6 fully saturated rings. The zero-order valence-electron chi connectivity index (χ0n) is 15.3. The second-order valence-electron chi connectivity index (χ2n) is 10.0. The molecule has 2 saturated heterocycles. The number of hydrogen-bond donors (Lipinski definition) is 4. The van der Waals surface area contributed by atoms with Crippen LogP contribution < -0.4 is 0 Å². The molecule has 0 unspecified atom stereocenters. The lowest BCUT2D eigenvalue weighted by Crippen LogP contribution is -2.85. The Bertz CT molecular complexity index is 717. The summed E-state index contributed by atoms with van der Waals surface area (Å²) in [5.74, 6) is -4.19. The van der Waals surface area contributed by atoms with Crippen molar-refractivity contribution in [2.75, 3.05) is 6.61 Å². The number of ketones is 1. The van der Waals surface area contributed by atoms with Gasteiger partial charge in [-0.15, -0.1) is 0 Å². The average Bonchev–Trinajstić information content (AvgIpc) is 2.67. The lowest BCUT2D eigenvalue weighted by atomic mass is 9.36. The van der Waals surface area contributed by atoms with E-state index in [9.17, 15) is 25.2 Å². The molecule has 6 nitrogen and oxygen atoms in total. The monoisotopic (exact) mass is 364 g/mol. The molecule has 2 aliphatic heterocycles. The van der Waals surface area contributed by atoms with Crippen LogP contribution in [0, 0.1) is 34.0 Å². The van der Waals surface area contributed by atoms with Crippen molar-refractivity contribution >= 4 is 5.78 Å². The van der Waals surface area contributed by atoms with Gasteiger partial charge >= 0.3 is 0 Å². The van der Waals surface area contributed by atoms with Crippen LogP contribution >= 0.6 is 0 Å². The number of hydrogen-bond acceptors (Lipinski definition) is 6. The topological polar surface area (TPSA) is 107 Å². The number of Topliss-reactive ketones (excluding diaryl/α,β-unsaturated/α-hetero) is 1. The van der Waals surface area contributed by atoms with Crippen LogP contribution in [0.3, 0.4) is 0 Å². The summed E-state index contributed by atoms with van der Waals surface area (Å²) in [4.78, 5) is 13.4. The molecule has 4 saturated carbocycles. The number of carbonyl (C=O) groups is 1. The van der Waals surface area contributed by atoms with E-state index >= 15 is 0 Å². The molecule has 9 atom stereocenters. The van der Waals surface area contributed by atoms with Gasteiger partial charge in [-0.1, -0.05) is 26.8 Å². The first-order valence-corrected chi connectivity index (χ1v) is 9.70. The van der Waals surface area contributed by atoms with Crippen molar-refractivity contribution in [3.63, 3.8) is 0 Å². The minimum Gasteiger partial charge on any atom is -0.393 e. The van der Waals surface area contributed by atoms with Gasteiger partial charge in [-0.25, -0.2) is 0 Å². The van der Waals surface area contributed by atoms with Gasteiger partial charge in [-0.05, 0) is 30.3 Å². The van der Waals surface area contributed by atoms with E-state index in [0.717, 1.165) is 12.8 Å². The lowest BCUT2D eigenvalue weighted by Gasteiger charge is -2.74. The third-order valence-corrected chi connectivity index (χ3v) is 8.75. The standard InChI is InChI=1S/C20H28O6/c1-9-10-7-11(21)12-18-6-4-5-17(2,3)13(18)16(24)20(25,26-8-18)19(12,14(9)22)15(10)23/h10-13,15-16,21,23-25H,1,4-8H2,2-3H3/t10-,11+,12-,13+,15+,16-,18+,19-,20+/m0/s1. The van der Waals surface area contributed by atoms with Gasteiger partial charge in [0.05, 0.1) is 18.8 Å². The summed E-state index contributed by atoms with van der Waals surface area (Å²) in [7, 11) is 0. The lowest BCUT2D eigenvalue weighted by molar-refractivity contribution is -0.456. The van der Waals surface area contributed by atoms with Gasteiger partial charge in [-0.3, -0.25) is 4.79 Å². The molecule has 144 valence electrons. The predicted molar refractivity (Wildman–Crippen MR) is 90.7 cm³/mol. The molecule has 2 heterocycles. The molecule has 4 bridgehead atoms. The number of ether oxygens (including phenoxy) is 1. The highest BCUT2D eigenvalue weighted by Crippen LogP contribution is 2.76. The van der Waals surface area contributed by atoms with Gasteiger partial charge in [0.25, 0.3) is 0 Å². The number of rotatable bonds is 0. The zero-order chi connectivity index (χ0) is 18.9. The van der Waals surface area contributed by atoms with Crippen LogP contribution in [0.25, 0.3) is 0 Å². The highest BCUT2D eigenvalue weighted by molar-refractivity contribution is 6.05. The van der Waals surface area contributed by atoms with Gasteiger partial charge in [0.1, 0.15) is 11.5 Å². The van der Waals surface area contributed by atoms with E-state index in [2.05, 4.69) is 20.4 Å². The van der Waals surface area contributed by atoms with Crippen molar-refractivity contribution in [1.29, 1.82) is 0 Å². The SMILES string of the molecule is C=C1C(=O)[C@]23[C@H](O)[C@H]1C[C@@H](O)[C@H]2[C@]12CCCC(C)(C)[C@H]1[C@H](O)[C@@]3(O)OC2. The fourth-order valence-corrected chi connectivity index (χ4v) is 8.03. The zero-order valence-corrected chi connectivity index (χ0v) is 15.3. The molecule has 0 aromatic heterocycles. The minimum atomic E-state index is -2.20. The van der Waals surface area contributed by atoms with Crippen LogP contribution in [0.15, 0.2) is 12.2 Å². The maximum atomic E-state index is 13.4. The van der Waals surface area contributed by atoms with E-state index in [-0.39, 0.29) is 29.9 Å². The van der Waals surface area contributed by atoms with Crippen molar-refractivity contribution in [1.82, 2.24) is 0 Å². The molecular weight excluding hydrogens is 336 g/mol. The summed E-state index contributed by atoms with van der Waals surface area (Å²) in [6.45, 7) is 8.18. The smallest absolute Gasteiger partial charge is 0.208 e. The Balaban J connectivity index is 1.82. The third-order valence-electron chi connectivity index (χ3n) is 8.75. The number of carbonyl (C=O) groups excluding carboxylic acids is 1. The van der Waals surface area contributed by atoms with Crippen LogP contribution in [0.1, 0.15) is 39.5 Å². The van der Waals surface area contributed by atoms with Gasteiger partial charge in [0.15, 0.2) is 5.78 Å². The third kappa shape index (κ3) is 1.44. The summed E-state index contributed by atoms with van der Waals surface area (Å²) in [5.41, 5.74) is -2.40. The molecule has 0 amide bonds. The fraction of sp³-hybridized carbons (Fsp3) is 0.850. The number of aliphatic hydroxyl groups excluding tert-OH is 3. The van der Waals surface area contributed by atoms with Crippen molar-refractivity contribution in [3.05, 3.63) is 12.2 Å². The summed E-state index contributed by atoms with van der Waals surface area (Å²) < 4.78 is 5.83. The Labute approximate surface area is 152 Å². The van der Waals surface area contributed by atoms with Crippen molar-refractivity contribution in [3.8, 4) is 0 Å². The van der Waals surface area contributed by atoms with Crippen LogP contribution in [0.5, 0.6) is 0 Å². The predicted octanol–water partition coefficient (Wildman–Crippen LogP) is 0.376. The molecule has 4 N–H and O–H groups in total. The Kier molecular flexibility index (Phi) is 3.07. The first kappa shape index (κ1) is 17.3. The minimum absolute atomic E-state index is 0.190. The Morgan fingerprint density at radius 2 is 1.81 bits per heavy atom. The maximum Gasteiger partial charge on any atom is 0.208 e. The molecule has 4 aliphatic carbocycles. The molecule has 26 heavy (non-hydrogen) atoms. The van der Waals surface area contributed by atoms with Crippen molar-refractivity contribution in [2.45, 2.75) is 63.6 Å². The highest BCUT2D eigenvalue weighted by Gasteiger charge is 2.87. The quantitative estimate of drug-likeness (QED) is 0.463. The fourth-order valence-electron chi connectivity index (χ4n) is 8.03. The average molecular weight is 364 g/mol. The summed E-state index contributed by atoms with van der Waals surface area (Å²) >= 11 is 0. The van der Waals surface area contributed by atoms with E-state index in [1.807, 2.05) is 0 Å². The van der Waals surface area contributed by atoms with Crippen molar-refractivity contribution < 1.29 is 30.0 Å². The molecular formula is C20H28O6. The second kappa shape index (κ2) is 4.61. The number of aliphatic hydroxyl groups is 4.